The second-order valence-electron chi connectivity index (χ2n) is 9.46. The Kier molecular flexibility index (Phi) is 7.26. The van der Waals surface area contributed by atoms with Crippen LogP contribution in [0.4, 0.5) is 24.5 Å². The maximum Gasteiger partial charge on any atom is 0.416 e. The lowest BCUT2D eigenvalue weighted by molar-refractivity contribution is -0.137. The molecule has 0 radical (unpaired) electrons. The van der Waals surface area contributed by atoms with Crippen LogP contribution in [0, 0.1) is 0 Å². The van der Waals surface area contributed by atoms with Crippen molar-refractivity contribution in [2.75, 3.05) is 23.6 Å². The Balaban J connectivity index is 1.50. The number of hydroxylamine groups is 1. The van der Waals surface area contributed by atoms with E-state index in [2.05, 4.69) is 6.58 Å². The largest absolute Gasteiger partial charge is 0.416 e. The molecule has 198 valence electrons. The van der Waals surface area contributed by atoms with Crippen molar-refractivity contribution in [2.24, 2.45) is 0 Å². The molecule has 2 atom stereocenters. The number of alkyl halides is 3. The standard InChI is InChI=1S/C32H27F3N2O2/c1-22-21-39-37(28-19-15-25(16-20-28)31(38)36(2)27-11-7-4-8-12-27)30(29(22)23-9-5-3-6-10-23)24-13-17-26(18-14-24)32(33,34)35/h3-20,29-30H,1,21H2,2H3/t29-,30-/m1/s1. The SMILES string of the molecule is C=C1CON(c2ccc(C(=O)N(C)c3ccccc3)cc2)[C@H](c2ccc(C(F)(F)F)cc2)[C@H]1c1ccccc1. The van der Waals surface area contributed by atoms with Crippen molar-refractivity contribution < 1.29 is 22.8 Å². The zero-order chi connectivity index (χ0) is 27.6. The number of rotatable bonds is 5. The molecule has 1 amide bonds. The van der Waals surface area contributed by atoms with Crippen LogP contribution in [0.15, 0.2) is 121 Å². The van der Waals surface area contributed by atoms with Gasteiger partial charge in [-0.15, -0.1) is 0 Å². The van der Waals surface area contributed by atoms with Crippen LogP contribution in [0.2, 0.25) is 0 Å². The number of nitrogens with zero attached hydrogens (tertiary/aromatic N) is 2. The van der Waals surface area contributed by atoms with Gasteiger partial charge in [-0.3, -0.25) is 9.63 Å². The van der Waals surface area contributed by atoms with Crippen molar-refractivity contribution in [1.82, 2.24) is 0 Å². The van der Waals surface area contributed by atoms with Crippen LogP contribution in [-0.2, 0) is 11.0 Å². The summed E-state index contributed by atoms with van der Waals surface area (Å²) in [4.78, 5) is 20.8. The average molecular weight is 529 g/mol. The summed E-state index contributed by atoms with van der Waals surface area (Å²) in [6.07, 6.45) is -4.43. The van der Waals surface area contributed by atoms with Crippen LogP contribution < -0.4 is 9.96 Å². The molecule has 0 bridgehead atoms. The van der Waals surface area contributed by atoms with Gasteiger partial charge in [-0.2, -0.15) is 13.2 Å². The van der Waals surface area contributed by atoms with Crippen molar-refractivity contribution in [3.63, 3.8) is 0 Å². The molecule has 0 unspecified atom stereocenters. The highest BCUT2D eigenvalue weighted by atomic mass is 19.4. The predicted molar refractivity (Wildman–Crippen MR) is 147 cm³/mol. The number of para-hydroxylation sites is 1. The highest BCUT2D eigenvalue weighted by molar-refractivity contribution is 6.05. The lowest BCUT2D eigenvalue weighted by atomic mass is 9.81. The molecular formula is C32H27F3N2O2. The van der Waals surface area contributed by atoms with Crippen molar-refractivity contribution in [3.8, 4) is 0 Å². The Bertz CT molecular complexity index is 1440. The van der Waals surface area contributed by atoms with Crippen LogP contribution in [0.5, 0.6) is 0 Å². The number of anilines is 2. The molecule has 0 saturated carbocycles. The van der Waals surface area contributed by atoms with E-state index in [4.69, 9.17) is 4.84 Å². The molecule has 0 N–H and O–H groups in total. The number of amides is 1. The summed E-state index contributed by atoms with van der Waals surface area (Å²) in [7, 11) is 1.72. The first-order valence-corrected chi connectivity index (χ1v) is 12.5. The fourth-order valence-corrected chi connectivity index (χ4v) is 4.91. The summed E-state index contributed by atoms with van der Waals surface area (Å²) in [6.45, 7) is 4.48. The first-order valence-electron chi connectivity index (χ1n) is 12.5. The molecule has 0 spiro atoms. The third-order valence-electron chi connectivity index (χ3n) is 6.95. The number of halogens is 3. The summed E-state index contributed by atoms with van der Waals surface area (Å²) < 4.78 is 39.9. The van der Waals surface area contributed by atoms with Crippen LogP contribution in [0.25, 0.3) is 0 Å². The van der Waals surface area contributed by atoms with Crippen molar-refractivity contribution >= 4 is 17.3 Å². The van der Waals surface area contributed by atoms with E-state index in [1.54, 1.807) is 41.3 Å². The number of hydrogen-bond acceptors (Lipinski definition) is 3. The number of carbonyl (C=O) groups excluding carboxylic acids is 1. The molecule has 1 aliphatic heterocycles. The van der Waals surface area contributed by atoms with Crippen LogP contribution in [0.3, 0.4) is 0 Å². The third kappa shape index (κ3) is 5.45. The first-order chi connectivity index (χ1) is 18.7. The average Bonchev–Trinajstić information content (AvgIpc) is 2.97. The van der Waals surface area contributed by atoms with Crippen molar-refractivity contribution in [1.29, 1.82) is 0 Å². The summed E-state index contributed by atoms with van der Waals surface area (Å²) in [5.41, 5.74) is 3.69. The van der Waals surface area contributed by atoms with E-state index in [1.165, 1.54) is 12.1 Å². The second-order valence-corrected chi connectivity index (χ2v) is 9.46. The van der Waals surface area contributed by atoms with Crippen LogP contribution in [0.1, 0.15) is 39.0 Å². The quantitative estimate of drug-likeness (QED) is 0.248. The maximum absolute atomic E-state index is 13.3. The van der Waals surface area contributed by atoms with Gasteiger partial charge < -0.3 is 4.90 Å². The predicted octanol–water partition coefficient (Wildman–Crippen LogP) is 7.81. The highest BCUT2D eigenvalue weighted by Crippen LogP contribution is 2.46. The van der Waals surface area contributed by atoms with E-state index in [9.17, 15) is 18.0 Å². The van der Waals surface area contributed by atoms with E-state index < -0.39 is 17.8 Å². The van der Waals surface area contributed by atoms with Gasteiger partial charge in [0.25, 0.3) is 5.91 Å². The molecule has 5 rings (SSSR count). The zero-order valence-corrected chi connectivity index (χ0v) is 21.3. The Morgan fingerprint density at radius 1 is 0.846 bits per heavy atom. The second kappa shape index (κ2) is 10.8. The number of carbonyl (C=O) groups is 1. The molecule has 0 aromatic heterocycles. The van der Waals surface area contributed by atoms with Crippen LogP contribution in [-0.4, -0.2) is 19.6 Å². The van der Waals surface area contributed by atoms with Gasteiger partial charge in [0.15, 0.2) is 0 Å². The molecular weight excluding hydrogens is 501 g/mol. The molecule has 4 aromatic carbocycles. The lowest BCUT2D eigenvalue weighted by Gasteiger charge is -2.43. The minimum absolute atomic E-state index is 0.165. The molecule has 39 heavy (non-hydrogen) atoms. The Morgan fingerprint density at radius 2 is 1.44 bits per heavy atom. The topological polar surface area (TPSA) is 32.8 Å². The van der Waals surface area contributed by atoms with Gasteiger partial charge in [-0.25, -0.2) is 5.06 Å². The van der Waals surface area contributed by atoms with E-state index in [-0.39, 0.29) is 18.4 Å². The molecule has 1 aliphatic rings. The molecule has 1 heterocycles. The van der Waals surface area contributed by atoms with Gasteiger partial charge in [0.1, 0.15) is 0 Å². The third-order valence-corrected chi connectivity index (χ3v) is 6.95. The molecule has 0 aliphatic carbocycles. The summed E-state index contributed by atoms with van der Waals surface area (Å²) in [5, 5.41) is 1.71. The van der Waals surface area contributed by atoms with Gasteiger partial charge in [0.2, 0.25) is 0 Å². The van der Waals surface area contributed by atoms with Gasteiger partial charge in [-0.1, -0.05) is 67.2 Å². The minimum Gasteiger partial charge on any atom is -0.311 e. The first kappa shape index (κ1) is 26.3. The van der Waals surface area contributed by atoms with E-state index in [1.807, 2.05) is 60.7 Å². The van der Waals surface area contributed by atoms with E-state index in [0.717, 1.165) is 29.0 Å². The number of benzene rings is 4. The summed E-state index contributed by atoms with van der Waals surface area (Å²) >= 11 is 0. The van der Waals surface area contributed by atoms with E-state index in [0.29, 0.717) is 16.8 Å². The van der Waals surface area contributed by atoms with Gasteiger partial charge in [0, 0.05) is 24.2 Å². The fraction of sp³-hybridized carbons (Fsp3) is 0.156. The Labute approximate surface area is 225 Å². The monoisotopic (exact) mass is 528 g/mol. The van der Waals surface area contributed by atoms with E-state index >= 15 is 0 Å². The maximum atomic E-state index is 13.3. The number of hydrogen-bond donors (Lipinski definition) is 0. The fourth-order valence-electron chi connectivity index (χ4n) is 4.91. The Morgan fingerprint density at radius 3 is 2.03 bits per heavy atom. The van der Waals surface area contributed by atoms with Crippen LogP contribution >= 0.6 is 0 Å². The van der Waals surface area contributed by atoms with Gasteiger partial charge in [0.05, 0.1) is 23.9 Å². The molecule has 4 nitrogen and oxygen atoms in total. The Hall–Kier alpha value is -4.36. The molecule has 1 fully saturated rings. The summed E-state index contributed by atoms with van der Waals surface area (Å²) in [5.74, 6) is -0.399. The normalized spacial score (nSPS) is 17.6. The molecule has 4 aromatic rings. The smallest absolute Gasteiger partial charge is 0.311 e. The highest BCUT2D eigenvalue weighted by Gasteiger charge is 2.38. The summed E-state index contributed by atoms with van der Waals surface area (Å²) in [6, 6.07) is 30.8. The lowest BCUT2D eigenvalue weighted by Crippen LogP contribution is -2.39. The molecule has 7 heteroatoms. The van der Waals surface area contributed by atoms with Gasteiger partial charge in [-0.05, 0) is 65.2 Å². The van der Waals surface area contributed by atoms with Crippen molar-refractivity contribution in [3.05, 3.63) is 144 Å². The molecule has 1 saturated heterocycles. The van der Waals surface area contributed by atoms with Crippen molar-refractivity contribution in [2.45, 2.75) is 18.1 Å². The minimum atomic E-state index is -4.43. The zero-order valence-electron chi connectivity index (χ0n) is 21.3. The van der Waals surface area contributed by atoms with Gasteiger partial charge >= 0.3 is 6.18 Å².